The van der Waals surface area contributed by atoms with Gasteiger partial charge in [-0.1, -0.05) is 17.8 Å². The third-order valence-electron chi connectivity index (χ3n) is 4.55. The second-order valence-corrected chi connectivity index (χ2v) is 8.45. The first-order chi connectivity index (χ1) is 15.5. The highest BCUT2D eigenvalue weighted by atomic mass is 32.2. The van der Waals surface area contributed by atoms with Gasteiger partial charge in [-0.3, -0.25) is 9.59 Å². The fourth-order valence-electron chi connectivity index (χ4n) is 2.91. The molecular formula is C22H25N5O3S2. The van der Waals surface area contributed by atoms with E-state index in [2.05, 4.69) is 20.8 Å². The highest BCUT2D eigenvalue weighted by Gasteiger charge is 2.15. The number of carbonyl (C=O) groups is 2. The van der Waals surface area contributed by atoms with Gasteiger partial charge in [0.15, 0.2) is 11.0 Å². The minimum Gasteiger partial charge on any atom is -0.497 e. The number of aromatic nitrogens is 3. The van der Waals surface area contributed by atoms with Crippen molar-refractivity contribution in [2.45, 2.75) is 30.1 Å². The van der Waals surface area contributed by atoms with Gasteiger partial charge in [0.1, 0.15) is 5.75 Å². The van der Waals surface area contributed by atoms with Crippen LogP contribution >= 0.6 is 23.5 Å². The number of rotatable bonds is 10. The number of anilines is 1. The highest BCUT2D eigenvalue weighted by Crippen LogP contribution is 2.21. The van der Waals surface area contributed by atoms with Crippen molar-refractivity contribution in [3.63, 3.8) is 0 Å². The summed E-state index contributed by atoms with van der Waals surface area (Å²) in [4.78, 5) is 25.8. The zero-order chi connectivity index (χ0) is 22.9. The van der Waals surface area contributed by atoms with Crippen LogP contribution in [0.25, 0.3) is 0 Å². The van der Waals surface area contributed by atoms with Gasteiger partial charge < -0.3 is 19.9 Å². The Hall–Kier alpha value is -2.98. The van der Waals surface area contributed by atoms with Crippen molar-refractivity contribution in [2.24, 2.45) is 0 Å². The Morgan fingerprint density at radius 2 is 1.91 bits per heavy atom. The molecule has 0 aliphatic carbocycles. The van der Waals surface area contributed by atoms with Crippen molar-refractivity contribution in [3.8, 4) is 5.75 Å². The normalized spacial score (nSPS) is 10.6. The molecule has 2 aromatic carbocycles. The lowest BCUT2D eigenvalue weighted by atomic mass is 10.2. The van der Waals surface area contributed by atoms with Crippen LogP contribution in [-0.4, -0.2) is 45.7 Å². The Morgan fingerprint density at radius 3 is 2.59 bits per heavy atom. The average Bonchev–Trinajstić information content (AvgIpc) is 3.23. The standard InChI is InChI=1S/C22H25N5O3S2/c1-4-27-19(13-23-21(29)15-8-10-17(30-2)11-9-15)25-26-22(27)32-14-20(28)24-16-6-5-7-18(12-16)31-3/h5-12H,4,13-14H2,1-3H3,(H,23,29)(H,24,28). The smallest absolute Gasteiger partial charge is 0.251 e. The first-order valence-corrected chi connectivity index (χ1v) is 12.2. The summed E-state index contributed by atoms with van der Waals surface area (Å²) >= 11 is 2.93. The molecule has 1 heterocycles. The second kappa shape index (κ2) is 11.6. The Labute approximate surface area is 195 Å². The maximum Gasteiger partial charge on any atom is 0.251 e. The summed E-state index contributed by atoms with van der Waals surface area (Å²) in [7, 11) is 1.58. The molecule has 0 saturated heterocycles. The summed E-state index contributed by atoms with van der Waals surface area (Å²) in [6, 6.07) is 14.6. The van der Waals surface area contributed by atoms with Gasteiger partial charge in [-0.25, -0.2) is 0 Å². The quantitative estimate of drug-likeness (QED) is 0.435. The molecule has 2 amide bonds. The van der Waals surface area contributed by atoms with E-state index < -0.39 is 0 Å². The maximum atomic E-state index is 12.4. The molecule has 0 bridgehead atoms. The van der Waals surface area contributed by atoms with Crippen molar-refractivity contribution in [1.29, 1.82) is 0 Å². The van der Waals surface area contributed by atoms with Crippen LogP contribution < -0.4 is 15.4 Å². The summed E-state index contributed by atoms with van der Waals surface area (Å²) < 4.78 is 7.00. The lowest BCUT2D eigenvalue weighted by Crippen LogP contribution is -2.24. The maximum absolute atomic E-state index is 12.4. The minimum absolute atomic E-state index is 0.117. The number of amides is 2. The zero-order valence-electron chi connectivity index (χ0n) is 18.1. The van der Waals surface area contributed by atoms with Crippen molar-refractivity contribution in [1.82, 2.24) is 20.1 Å². The predicted molar refractivity (Wildman–Crippen MR) is 127 cm³/mol. The van der Waals surface area contributed by atoms with Crippen molar-refractivity contribution in [2.75, 3.05) is 24.4 Å². The Bertz CT molecular complexity index is 1070. The van der Waals surface area contributed by atoms with Crippen LogP contribution in [0.3, 0.4) is 0 Å². The van der Waals surface area contributed by atoms with E-state index in [0.29, 0.717) is 28.8 Å². The van der Waals surface area contributed by atoms with E-state index >= 15 is 0 Å². The van der Waals surface area contributed by atoms with Gasteiger partial charge >= 0.3 is 0 Å². The SMILES string of the molecule is CCn1c(CNC(=O)c2ccc(OC)cc2)nnc1SCC(=O)Nc1cccc(SC)c1. The molecule has 168 valence electrons. The van der Waals surface area contributed by atoms with E-state index in [1.54, 1.807) is 43.1 Å². The zero-order valence-corrected chi connectivity index (χ0v) is 19.8. The van der Waals surface area contributed by atoms with Gasteiger partial charge in [0, 0.05) is 22.7 Å². The van der Waals surface area contributed by atoms with Gasteiger partial charge in [-0.05, 0) is 55.6 Å². The number of hydrogen-bond donors (Lipinski definition) is 2. The van der Waals surface area contributed by atoms with Crippen LogP contribution in [-0.2, 0) is 17.9 Å². The molecule has 0 spiro atoms. The predicted octanol–water partition coefficient (Wildman–Crippen LogP) is 3.69. The minimum atomic E-state index is -0.209. The summed E-state index contributed by atoms with van der Waals surface area (Å²) in [5, 5.41) is 14.8. The summed E-state index contributed by atoms with van der Waals surface area (Å²) in [5.41, 5.74) is 1.30. The topological polar surface area (TPSA) is 98.1 Å². The fraction of sp³-hybridized carbons (Fsp3) is 0.273. The molecule has 10 heteroatoms. The number of ether oxygens (including phenoxy) is 1. The van der Waals surface area contributed by atoms with Crippen LogP contribution in [0.4, 0.5) is 5.69 Å². The molecule has 3 rings (SSSR count). The number of benzene rings is 2. The Morgan fingerprint density at radius 1 is 1.12 bits per heavy atom. The first-order valence-electron chi connectivity index (χ1n) is 9.95. The molecule has 0 unspecified atom stereocenters. The third kappa shape index (κ3) is 6.27. The average molecular weight is 472 g/mol. The summed E-state index contributed by atoms with van der Waals surface area (Å²) in [6.45, 7) is 2.83. The van der Waals surface area contributed by atoms with Crippen LogP contribution in [0.15, 0.2) is 58.6 Å². The first kappa shape index (κ1) is 23.7. The van der Waals surface area contributed by atoms with E-state index in [9.17, 15) is 9.59 Å². The molecule has 0 aliphatic rings. The van der Waals surface area contributed by atoms with E-state index in [0.717, 1.165) is 10.6 Å². The van der Waals surface area contributed by atoms with E-state index in [1.807, 2.05) is 42.0 Å². The molecule has 2 N–H and O–H groups in total. The lowest BCUT2D eigenvalue weighted by Gasteiger charge is -2.09. The number of nitrogens with zero attached hydrogens (tertiary/aromatic N) is 3. The largest absolute Gasteiger partial charge is 0.497 e. The Balaban J connectivity index is 1.55. The van der Waals surface area contributed by atoms with E-state index in [-0.39, 0.29) is 24.1 Å². The fourth-order valence-corrected chi connectivity index (χ4v) is 4.19. The number of hydrogen-bond acceptors (Lipinski definition) is 7. The number of carbonyl (C=O) groups excluding carboxylic acids is 2. The lowest BCUT2D eigenvalue weighted by molar-refractivity contribution is -0.113. The van der Waals surface area contributed by atoms with Crippen LogP contribution in [0.5, 0.6) is 5.75 Å². The van der Waals surface area contributed by atoms with Gasteiger partial charge in [-0.2, -0.15) is 0 Å². The van der Waals surface area contributed by atoms with Crippen LogP contribution in [0.1, 0.15) is 23.1 Å². The number of nitrogens with one attached hydrogen (secondary N) is 2. The molecule has 32 heavy (non-hydrogen) atoms. The monoisotopic (exact) mass is 471 g/mol. The molecule has 0 atom stereocenters. The molecule has 0 radical (unpaired) electrons. The molecule has 0 fully saturated rings. The molecule has 1 aromatic heterocycles. The van der Waals surface area contributed by atoms with Crippen LogP contribution in [0.2, 0.25) is 0 Å². The molecule has 3 aromatic rings. The molecule has 0 saturated carbocycles. The van der Waals surface area contributed by atoms with Crippen LogP contribution in [0, 0.1) is 0 Å². The van der Waals surface area contributed by atoms with Crippen molar-refractivity contribution in [3.05, 3.63) is 59.9 Å². The van der Waals surface area contributed by atoms with Gasteiger partial charge in [0.25, 0.3) is 5.91 Å². The van der Waals surface area contributed by atoms with E-state index in [1.165, 1.54) is 11.8 Å². The van der Waals surface area contributed by atoms with Gasteiger partial charge in [-0.15, -0.1) is 22.0 Å². The third-order valence-corrected chi connectivity index (χ3v) is 6.25. The van der Waals surface area contributed by atoms with Gasteiger partial charge in [0.05, 0.1) is 19.4 Å². The number of thioether (sulfide) groups is 2. The molecular weight excluding hydrogens is 446 g/mol. The summed E-state index contributed by atoms with van der Waals surface area (Å²) in [5.74, 6) is 1.20. The van der Waals surface area contributed by atoms with Crippen molar-refractivity contribution < 1.29 is 14.3 Å². The highest BCUT2D eigenvalue weighted by molar-refractivity contribution is 7.99. The van der Waals surface area contributed by atoms with E-state index in [4.69, 9.17) is 4.74 Å². The van der Waals surface area contributed by atoms with Gasteiger partial charge in [0.2, 0.25) is 5.91 Å². The second-order valence-electron chi connectivity index (χ2n) is 6.62. The summed E-state index contributed by atoms with van der Waals surface area (Å²) in [6.07, 6.45) is 1.99. The molecule has 0 aliphatic heterocycles. The Kier molecular flexibility index (Phi) is 8.57. The molecule has 8 nitrogen and oxygen atoms in total. The van der Waals surface area contributed by atoms with Crippen molar-refractivity contribution >= 4 is 41.0 Å². The number of methoxy groups -OCH3 is 1.